The van der Waals surface area contributed by atoms with Crippen LogP contribution in [0.15, 0.2) is 18.7 Å². The van der Waals surface area contributed by atoms with Crippen molar-refractivity contribution in [1.82, 2.24) is 24.8 Å². The number of ether oxygens (including phenoxy) is 1. The fourth-order valence-electron chi connectivity index (χ4n) is 3.81. The van der Waals surface area contributed by atoms with E-state index in [0.717, 1.165) is 41.3 Å². The zero-order valence-electron chi connectivity index (χ0n) is 16.7. The van der Waals surface area contributed by atoms with E-state index in [-0.39, 0.29) is 0 Å². The fourth-order valence-corrected chi connectivity index (χ4v) is 4.33. The molecule has 3 aromatic rings. The smallest absolute Gasteiger partial charge is 0.182 e. The highest BCUT2D eigenvalue weighted by atomic mass is 35.5. The lowest BCUT2D eigenvalue weighted by Crippen LogP contribution is -2.48. The van der Waals surface area contributed by atoms with Gasteiger partial charge in [0.05, 0.1) is 23.5 Å². The molecule has 0 aliphatic carbocycles. The second-order valence-corrected chi connectivity index (χ2v) is 8.31. The summed E-state index contributed by atoms with van der Waals surface area (Å²) >= 11 is 13.1. The minimum absolute atomic E-state index is 0.330. The average Bonchev–Trinajstić information content (AvgIpc) is 3.13. The monoisotopic (exact) mass is 434 g/mol. The maximum absolute atomic E-state index is 6.59. The van der Waals surface area contributed by atoms with Crippen molar-refractivity contribution < 1.29 is 4.74 Å². The van der Waals surface area contributed by atoms with Gasteiger partial charge in [-0.25, -0.2) is 15.0 Å². The van der Waals surface area contributed by atoms with E-state index in [1.54, 1.807) is 13.4 Å². The molecule has 0 spiro atoms. The van der Waals surface area contributed by atoms with Crippen molar-refractivity contribution in [3.63, 3.8) is 0 Å². The third-order valence-electron chi connectivity index (χ3n) is 5.45. The average molecular weight is 435 g/mol. The Morgan fingerprint density at radius 2 is 2.07 bits per heavy atom. The number of H-pyrrole nitrogens is 1. The zero-order valence-corrected chi connectivity index (χ0v) is 18.2. The van der Waals surface area contributed by atoms with E-state index in [0.29, 0.717) is 40.6 Å². The zero-order chi connectivity index (χ0) is 20.5. The summed E-state index contributed by atoms with van der Waals surface area (Å²) in [5, 5.41) is 4.51. The van der Waals surface area contributed by atoms with Gasteiger partial charge in [-0.15, -0.1) is 0 Å². The number of rotatable bonds is 7. The molecule has 0 unspecified atom stereocenters. The fraction of sp³-hybridized carbons (Fsp3) is 0.450. The Hall–Kier alpha value is -2.09. The molecule has 4 rings (SSSR count). The number of imidazole rings is 1. The van der Waals surface area contributed by atoms with Crippen molar-refractivity contribution in [3.05, 3.63) is 39.9 Å². The van der Waals surface area contributed by atoms with Crippen molar-refractivity contribution in [1.29, 1.82) is 0 Å². The molecule has 0 amide bonds. The first-order chi connectivity index (χ1) is 14.0. The van der Waals surface area contributed by atoms with Gasteiger partial charge in [0.25, 0.3) is 0 Å². The number of benzene rings is 1. The Morgan fingerprint density at radius 3 is 2.79 bits per heavy atom. The number of methoxy groups -OCH3 is 1. The van der Waals surface area contributed by atoms with Crippen LogP contribution in [0.4, 0.5) is 5.82 Å². The lowest BCUT2D eigenvalue weighted by atomic mass is 9.87. The molecule has 0 bridgehead atoms. The second kappa shape index (κ2) is 8.34. The maximum atomic E-state index is 6.59. The second-order valence-electron chi connectivity index (χ2n) is 7.52. The first-order valence-electron chi connectivity index (χ1n) is 9.66. The predicted octanol–water partition coefficient (Wildman–Crippen LogP) is 4.13. The summed E-state index contributed by atoms with van der Waals surface area (Å²) in [6.45, 7) is 6.98. The molecular weight excluding hydrogens is 411 g/mol. The van der Waals surface area contributed by atoms with Gasteiger partial charge in [0.1, 0.15) is 17.6 Å². The van der Waals surface area contributed by atoms with Crippen LogP contribution in [0.5, 0.6) is 5.75 Å². The van der Waals surface area contributed by atoms with Crippen molar-refractivity contribution >= 4 is 40.2 Å². The summed E-state index contributed by atoms with van der Waals surface area (Å²) in [6, 6.07) is 2.42. The summed E-state index contributed by atoms with van der Waals surface area (Å²) < 4.78 is 5.79. The highest BCUT2D eigenvalue weighted by molar-refractivity contribution is 6.42. The Labute approximate surface area is 179 Å². The van der Waals surface area contributed by atoms with Crippen LogP contribution in [0, 0.1) is 0 Å². The molecule has 0 atom stereocenters. The highest BCUT2D eigenvalue weighted by Gasteiger charge is 2.34. The number of nitrogens with zero attached hydrogens (tertiary/aromatic N) is 4. The van der Waals surface area contributed by atoms with Crippen LogP contribution in [-0.4, -0.2) is 57.6 Å². The van der Waals surface area contributed by atoms with Gasteiger partial charge >= 0.3 is 0 Å². The largest absolute Gasteiger partial charge is 0.496 e. The molecule has 1 fully saturated rings. The third-order valence-corrected chi connectivity index (χ3v) is 6.25. The molecule has 7 nitrogen and oxygen atoms in total. The number of anilines is 1. The summed E-state index contributed by atoms with van der Waals surface area (Å²) in [6.07, 6.45) is 3.82. The van der Waals surface area contributed by atoms with E-state index in [2.05, 4.69) is 44.0 Å². The van der Waals surface area contributed by atoms with E-state index >= 15 is 0 Å². The highest BCUT2D eigenvalue weighted by Crippen LogP contribution is 2.44. The van der Waals surface area contributed by atoms with Crippen LogP contribution >= 0.6 is 23.2 Å². The van der Waals surface area contributed by atoms with Crippen molar-refractivity contribution in [3.8, 4) is 5.75 Å². The number of aromatic amines is 1. The van der Waals surface area contributed by atoms with Crippen LogP contribution in [0.1, 0.15) is 30.9 Å². The number of hydrogen-bond acceptors (Lipinski definition) is 6. The van der Waals surface area contributed by atoms with E-state index < -0.39 is 0 Å². The molecule has 1 aliphatic rings. The van der Waals surface area contributed by atoms with Crippen LogP contribution in [0.25, 0.3) is 11.2 Å². The topological polar surface area (TPSA) is 79.0 Å². The molecule has 2 N–H and O–H groups in total. The molecule has 9 heteroatoms. The maximum Gasteiger partial charge on any atom is 0.182 e. The first kappa shape index (κ1) is 20.2. The first-order valence-corrected chi connectivity index (χ1v) is 10.4. The van der Waals surface area contributed by atoms with Gasteiger partial charge < -0.3 is 15.0 Å². The summed E-state index contributed by atoms with van der Waals surface area (Å²) in [5.74, 6) is 1.89. The number of hydrogen-bond donors (Lipinski definition) is 2. The van der Waals surface area contributed by atoms with Gasteiger partial charge in [0.15, 0.2) is 11.5 Å². The van der Waals surface area contributed by atoms with Gasteiger partial charge in [-0.1, -0.05) is 23.2 Å². The van der Waals surface area contributed by atoms with Crippen LogP contribution < -0.4 is 10.1 Å². The Kier molecular flexibility index (Phi) is 5.81. The van der Waals surface area contributed by atoms with Gasteiger partial charge in [-0.2, -0.15) is 0 Å². The number of halogens is 2. The molecule has 29 heavy (non-hydrogen) atoms. The van der Waals surface area contributed by atoms with E-state index in [1.807, 2.05) is 6.07 Å². The van der Waals surface area contributed by atoms with Gasteiger partial charge in [-0.3, -0.25) is 4.90 Å². The Morgan fingerprint density at radius 1 is 1.28 bits per heavy atom. The Bertz CT molecular complexity index is 1020. The summed E-state index contributed by atoms with van der Waals surface area (Å²) in [4.78, 5) is 18.1. The number of nitrogens with one attached hydrogen (secondary N) is 2. The lowest BCUT2D eigenvalue weighted by Gasteiger charge is -2.43. The van der Waals surface area contributed by atoms with Crippen LogP contribution in [0.3, 0.4) is 0 Å². The van der Waals surface area contributed by atoms with E-state index in [4.69, 9.17) is 27.9 Å². The summed E-state index contributed by atoms with van der Waals surface area (Å²) in [7, 11) is 1.69. The molecule has 1 saturated heterocycles. The van der Waals surface area contributed by atoms with Crippen molar-refractivity contribution in [2.45, 2.75) is 32.2 Å². The van der Waals surface area contributed by atoms with Crippen LogP contribution in [0.2, 0.25) is 10.0 Å². The molecule has 0 saturated carbocycles. The number of aromatic nitrogens is 4. The van der Waals surface area contributed by atoms with E-state index in [1.165, 1.54) is 6.33 Å². The molecule has 154 valence electrons. The summed E-state index contributed by atoms with van der Waals surface area (Å²) in [5.41, 5.74) is 3.48. The minimum atomic E-state index is 0.330. The molecular formula is C20H24Cl2N6O. The molecule has 2 aromatic heterocycles. The van der Waals surface area contributed by atoms with E-state index in [9.17, 15) is 0 Å². The predicted molar refractivity (Wildman–Crippen MR) is 116 cm³/mol. The molecule has 1 aromatic carbocycles. The quantitative estimate of drug-likeness (QED) is 0.581. The van der Waals surface area contributed by atoms with Crippen molar-refractivity contribution in [2.24, 2.45) is 0 Å². The minimum Gasteiger partial charge on any atom is -0.496 e. The standard InChI is InChI=1S/C20H24Cl2N6O/c1-11(2)28-7-13(8-28)15-16(22)14(21)6-12(18(15)29-3)4-5-23-19-17-20(25-9-24-17)27-10-26-19/h6,9-11,13H,4-5,7-8H2,1-3H3,(H2,23,24,25,26,27). The third kappa shape index (κ3) is 3.86. The number of likely N-dealkylation sites (tertiary alicyclic amines) is 1. The molecule has 3 heterocycles. The molecule has 1 aliphatic heterocycles. The Balaban J connectivity index is 1.53. The van der Waals surface area contributed by atoms with Crippen LogP contribution in [-0.2, 0) is 6.42 Å². The SMILES string of the molecule is COc1c(CCNc2ncnc3nc[nH]c23)cc(Cl)c(Cl)c1C1CN(C(C)C)C1. The van der Waals surface area contributed by atoms with Gasteiger partial charge in [-0.05, 0) is 31.9 Å². The normalized spacial score (nSPS) is 15.1. The lowest BCUT2D eigenvalue weighted by molar-refractivity contribution is 0.108. The number of fused-ring (bicyclic) bond motifs is 1. The van der Waals surface area contributed by atoms with Crippen molar-refractivity contribution in [2.75, 3.05) is 32.1 Å². The van der Waals surface area contributed by atoms with Gasteiger partial charge in [0, 0.05) is 37.2 Å². The molecule has 0 radical (unpaired) electrons. The van der Waals surface area contributed by atoms with Gasteiger partial charge in [0.2, 0.25) is 0 Å².